The largest absolute Gasteiger partial charge is 0.497 e. The predicted molar refractivity (Wildman–Crippen MR) is 139 cm³/mol. The smallest absolute Gasteiger partial charge is 0.254 e. The first kappa shape index (κ1) is 26.1. The Balaban J connectivity index is 1.79. The predicted octanol–water partition coefficient (Wildman–Crippen LogP) is 5.22. The fourth-order valence-corrected chi connectivity index (χ4v) is 4.07. The molecule has 0 saturated heterocycles. The summed E-state index contributed by atoms with van der Waals surface area (Å²) in [6.07, 6.45) is 2.87. The van der Waals surface area contributed by atoms with Crippen LogP contribution in [0.15, 0.2) is 72.9 Å². The molecular formula is C29H37N3O3. The van der Waals surface area contributed by atoms with Crippen LogP contribution in [-0.4, -0.2) is 51.9 Å². The molecule has 6 nitrogen and oxygen atoms in total. The van der Waals surface area contributed by atoms with Gasteiger partial charge in [-0.05, 0) is 69.2 Å². The number of aromatic nitrogens is 1. The number of benzene rings is 2. The second kappa shape index (κ2) is 12.2. The van der Waals surface area contributed by atoms with E-state index in [0.717, 1.165) is 23.4 Å². The Morgan fingerprint density at radius 2 is 1.69 bits per heavy atom. The third-order valence-electron chi connectivity index (χ3n) is 6.40. The molecule has 1 unspecified atom stereocenters. The van der Waals surface area contributed by atoms with Gasteiger partial charge in [-0.25, -0.2) is 0 Å². The summed E-state index contributed by atoms with van der Waals surface area (Å²) in [5, 5.41) is 0. The standard InChI is InChI=1S/C29H37N3O3/c1-6-23(4)32(28(33)21-31(22(2)3)29(34)25-13-8-7-9-14-25)20-26-15-11-17-30(26)19-24-12-10-16-27(18-24)35-5/h7-18,22-23H,6,19-21H2,1-5H3. The lowest BCUT2D eigenvalue weighted by atomic mass is 10.1. The van der Waals surface area contributed by atoms with E-state index >= 15 is 0 Å². The minimum absolute atomic E-state index is 0.0449. The van der Waals surface area contributed by atoms with Crippen molar-refractivity contribution in [1.29, 1.82) is 0 Å². The van der Waals surface area contributed by atoms with E-state index in [0.29, 0.717) is 18.7 Å². The van der Waals surface area contributed by atoms with E-state index in [1.165, 1.54) is 0 Å². The van der Waals surface area contributed by atoms with E-state index in [-0.39, 0.29) is 30.4 Å². The van der Waals surface area contributed by atoms with Gasteiger partial charge in [0.25, 0.3) is 5.91 Å². The summed E-state index contributed by atoms with van der Waals surface area (Å²) in [5.74, 6) is 0.649. The van der Waals surface area contributed by atoms with Crippen LogP contribution in [0.1, 0.15) is 55.7 Å². The van der Waals surface area contributed by atoms with Crippen molar-refractivity contribution < 1.29 is 14.3 Å². The van der Waals surface area contributed by atoms with Gasteiger partial charge in [-0.15, -0.1) is 0 Å². The molecule has 0 spiro atoms. The Bertz CT molecular complexity index is 1110. The molecule has 2 aromatic carbocycles. The molecule has 0 radical (unpaired) electrons. The molecular weight excluding hydrogens is 438 g/mol. The first-order chi connectivity index (χ1) is 16.8. The highest BCUT2D eigenvalue weighted by atomic mass is 16.5. The summed E-state index contributed by atoms with van der Waals surface area (Å²) in [6.45, 7) is 9.25. The average Bonchev–Trinajstić information content (AvgIpc) is 3.31. The van der Waals surface area contributed by atoms with Gasteiger partial charge in [0, 0.05) is 36.1 Å². The SMILES string of the molecule is CCC(C)N(Cc1cccn1Cc1cccc(OC)c1)C(=O)CN(C(=O)c1ccccc1)C(C)C. The van der Waals surface area contributed by atoms with Crippen LogP contribution in [0.2, 0.25) is 0 Å². The second-order valence-electron chi connectivity index (χ2n) is 9.15. The maximum absolute atomic E-state index is 13.6. The van der Waals surface area contributed by atoms with Crippen LogP contribution >= 0.6 is 0 Å². The molecule has 0 bridgehead atoms. The number of hydrogen-bond acceptors (Lipinski definition) is 3. The van der Waals surface area contributed by atoms with Crippen molar-refractivity contribution >= 4 is 11.8 Å². The number of nitrogens with zero attached hydrogens (tertiary/aromatic N) is 3. The Kier molecular flexibility index (Phi) is 9.12. The van der Waals surface area contributed by atoms with E-state index in [4.69, 9.17) is 4.74 Å². The molecule has 3 aromatic rings. The minimum atomic E-state index is -0.126. The van der Waals surface area contributed by atoms with Crippen LogP contribution in [-0.2, 0) is 17.9 Å². The average molecular weight is 476 g/mol. The Labute approximate surface area is 209 Å². The van der Waals surface area contributed by atoms with Crippen molar-refractivity contribution in [3.63, 3.8) is 0 Å². The molecule has 6 heteroatoms. The highest BCUT2D eigenvalue weighted by Gasteiger charge is 2.27. The summed E-state index contributed by atoms with van der Waals surface area (Å²) in [6, 6.07) is 21.2. The zero-order chi connectivity index (χ0) is 25.4. The van der Waals surface area contributed by atoms with Crippen LogP contribution in [0.4, 0.5) is 0 Å². The first-order valence-electron chi connectivity index (χ1n) is 12.3. The van der Waals surface area contributed by atoms with E-state index in [1.54, 1.807) is 24.1 Å². The molecule has 1 aromatic heterocycles. The first-order valence-corrected chi connectivity index (χ1v) is 12.3. The Hall–Kier alpha value is -3.54. The van der Waals surface area contributed by atoms with Gasteiger partial charge in [0.15, 0.2) is 0 Å². The fraction of sp³-hybridized carbons (Fsp3) is 0.379. The molecule has 0 aliphatic heterocycles. The summed E-state index contributed by atoms with van der Waals surface area (Å²) in [5.41, 5.74) is 2.77. The van der Waals surface area contributed by atoms with Crippen molar-refractivity contribution in [2.45, 2.75) is 59.3 Å². The summed E-state index contributed by atoms with van der Waals surface area (Å²) in [7, 11) is 1.67. The lowest BCUT2D eigenvalue weighted by molar-refractivity contribution is -0.135. The third kappa shape index (κ3) is 6.75. The lowest BCUT2D eigenvalue weighted by Crippen LogP contribution is -2.48. The number of rotatable bonds is 11. The van der Waals surface area contributed by atoms with Crippen LogP contribution in [0.25, 0.3) is 0 Å². The number of methoxy groups -OCH3 is 1. The van der Waals surface area contributed by atoms with Crippen molar-refractivity contribution in [1.82, 2.24) is 14.4 Å². The van der Waals surface area contributed by atoms with Gasteiger partial charge in [0.1, 0.15) is 12.3 Å². The minimum Gasteiger partial charge on any atom is -0.497 e. The third-order valence-corrected chi connectivity index (χ3v) is 6.40. The zero-order valence-electron chi connectivity index (χ0n) is 21.5. The second-order valence-corrected chi connectivity index (χ2v) is 9.15. The van der Waals surface area contributed by atoms with Crippen LogP contribution in [0, 0.1) is 0 Å². The lowest BCUT2D eigenvalue weighted by Gasteiger charge is -2.33. The van der Waals surface area contributed by atoms with E-state index < -0.39 is 0 Å². The Morgan fingerprint density at radius 1 is 0.943 bits per heavy atom. The number of carbonyl (C=O) groups is 2. The van der Waals surface area contributed by atoms with Gasteiger partial charge in [-0.3, -0.25) is 9.59 Å². The van der Waals surface area contributed by atoms with E-state index in [9.17, 15) is 9.59 Å². The van der Waals surface area contributed by atoms with Gasteiger partial charge < -0.3 is 19.1 Å². The fourth-order valence-electron chi connectivity index (χ4n) is 4.07. The van der Waals surface area contributed by atoms with Crippen LogP contribution < -0.4 is 4.74 Å². The molecule has 0 N–H and O–H groups in total. The highest BCUT2D eigenvalue weighted by molar-refractivity contribution is 5.96. The normalized spacial score (nSPS) is 11.8. The molecule has 0 fully saturated rings. The summed E-state index contributed by atoms with van der Waals surface area (Å²) >= 11 is 0. The van der Waals surface area contributed by atoms with Gasteiger partial charge in [0.05, 0.1) is 13.7 Å². The molecule has 35 heavy (non-hydrogen) atoms. The molecule has 0 aliphatic carbocycles. The van der Waals surface area contributed by atoms with Crippen LogP contribution in [0.3, 0.4) is 0 Å². The molecule has 0 saturated carbocycles. The zero-order valence-corrected chi connectivity index (χ0v) is 21.5. The molecule has 2 amide bonds. The molecule has 1 atom stereocenters. The van der Waals surface area contributed by atoms with Crippen molar-refractivity contribution in [2.75, 3.05) is 13.7 Å². The number of hydrogen-bond donors (Lipinski definition) is 0. The van der Waals surface area contributed by atoms with Crippen molar-refractivity contribution in [3.8, 4) is 5.75 Å². The monoisotopic (exact) mass is 475 g/mol. The number of carbonyl (C=O) groups excluding carboxylic acids is 2. The number of amides is 2. The van der Waals surface area contributed by atoms with Crippen LogP contribution in [0.5, 0.6) is 5.75 Å². The Morgan fingerprint density at radius 3 is 2.34 bits per heavy atom. The van der Waals surface area contributed by atoms with E-state index in [1.807, 2.05) is 67.4 Å². The van der Waals surface area contributed by atoms with E-state index in [2.05, 4.69) is 30.5 Å². The maximum Gasteiger partial charge on any atom is 0.254 e. The molecule has 1 heterocycles. The molecule has 0 aliphatic rings. The van der Waals surface area contributed by atoms with Gasteiger partial charge in [-0.2, -0.15) is 0 Å². The van der Waals surface area contributed by atoms with Gasteiger partial charge >= 0.3 is 0 Å². The maximum atomic E-state index is 13.6. The molecule has 186 valence electrons. The van der Waals surface area contributed by atoms with Crippen molar-refractivity contribution in [3.05, 3.63) is 89.7 Å². The van der Waals surface area contributed by atoms with Gasteiger partial charge in [-0.1, -0.05) is 37.3 Å². The van der Waals surface area contributed by atoms with Gasteiger partial charge in [0.2, 0.25) is 5.91 Å². The quantitative estimate of drug-likeness (QED) is 0.382. The highest BCUT2D eigenvalue weighted by Crippen LogP contribution is 2.18. The van der Waals surface area contributed by atoms with Crippen molar-refractivity contribution in [2.24, 2.45) is 0 Å². The molecule has 3 rings (SSSR count). The topological polar surface area (TPSA) is 54.8 Å². The summed E-state index contributed by atoms with van der Waals surface area (Å²) in [4.78, 5) is 30.3. The summed E-state index contributed by atoms with van der Waals surface area (Å²) < 4.78 is 7.52. The number of ether oxygens (including phenoxy) is 1.